The first-order valence-electron chi connectivity index (χ1n) is 6.58. The molecule has 3 nitrogen and oxygen atoms in total. The fraction of sp³-hybridized carbons (Fsp3) is 0.176. The molecule has 0 aliphatic carbocycles. The zero-order chi connectivity index (χ0) is 15.2. The summed E-state index contributed by atoms with van der Waals surface area (Å²) in [7, 11) is 1.65. The van der Waals surface area contributed by atoms with Crippen molar-refractivity contribution in [2.75, 3.05) is 12.8 Å². The number of anilines is 1. The standard InChI is InChI=1S/C17H18BrNO2/c1-3-4-13-10-14(19)6-8-16(13)21-11-12-5-7-17(20-2)15(18)9-12/h3,5-10H,1,4,11,19H2,2H3. The van der Waals surface area contributed by atoms with Crippen molar-refractivity contribution in [1.29, 1.82) is 0 Å². The molecule has 2 rings (SSSR count). The second-order valence-electron chi connectivity index (χ2n) is 4.62. The molecule has 0 heterocycles. The molecule has 2 N–H and O–H groups in total. The summed E-state index contributed by atoms with van der Waals surface area (Å²) < 4.78 is 12.0. The van der Waals surface area contributed by atoms with E-state index in [0.29, 0.717) is 6.61 Å². The molecule has 110 valence electrons. The van der Waals surface area contributed by atoms with Gasteiger partial charge in [-0.1, -0.05) is 12.1 Å². The Morgan fingerprint density at radius 3 is 2.62 bits per heavy atom. The quantitative estimate of drug-likeness (QED) is 0.624. The van der Waals surface area contributed by atoms with E-state index in [0.717, 1.165) is 39.2 Å². The molecular weight excluding hydrogens is 330 g/mol. The van der Waals surface area contributed by atoms with Crippen LogP contribution < -0.4 is 15.2 Å². The minimum Gasteiger partial charge on any atom is -0.496 e. The molecule has 0 spiro atoms. The molecule has 0 unspecified atom stereocenters. The van der Waals surface area contributed by atoms with Crippen LogP contribution in [0.5, 0.6) is 11.5 Å². The van der Waals surface area contributed by atoms with E-state index >= 15 is 0 Å². The Morgan fingerprint density at radius 2 is 1.95 bits per heavy atom. The number of allylic oxidation sites excluding steroid dienone is 1. The topological polar surface area (TPSA) is 44.5 Å². The van der Waals surface area contributed by atoms with Crippen molar-refractivity contribution in [3.8, 4) is 11.5 Å². The van der Waals surface area contributed by atoms with Gasteiger partial charge in [0.15, 0.2) is 0 Å². The summed E-state index contributed by atoms with van der Waals surface area (Å²) in [6.07, 6.45) is 2.57. The van der Waals surface area contributed by atoms with Crippen LogP contribution in [0, 0.1) is 0 Å². The summed E-state index contributed by atoms with van der Waals surface area (Å²) in [6, 6.07) is 11.5. The van der Waals surface area contributed by atoms with Gasteiger partial charge in [-0.25, -0.2) is 0 Å². The van der Waals surface area contributed by atoms with E-state index in [1.807, 2.05) is 42.5 Å². The summed E-state index contributed by atoms with van der Waals surface area (Å²) in [5, 5.41) is 0. The van der Waals surface area contributed by atoms with Gasteiger partial charge in [-0.05, 0) is 63.8 Å². The molecule has 0 aliphatic heterocycles. The molecule has 2 aromatic rings. The highest BCUT2D eigenvalue weighted by atomic mass is 79.9. The van der Waals surface area contributed by atoms with E-state index in [4.69, 9.17) is 15.2 Å². The first-order valence-corrected chi connectivity index (χ1v) is 7.38. The van der Waals surface area contributed by atoms with Crippen LogP contribution >= 0.6 is 15.9 Å². The normalized spacial score (nSPS) is 10.2. The summed E-state index contributed by atoms with van der Waals surface area (Å²) in [6.45, 7) is 4.24. The maximum atomic E-state index is 5.89. The Bertz CT molecular complexity index is 641. The second-order valence-corrected chi connectivity index (χ2v) is 5.47. The number of nitrogens with two attached hydrogens (primary N) is 1. The number of benzene rings is 2. The lowest BCUT2D eigenvalue weighted by Gasteiger charge is -2.12. The van der Waals surface area contributed by atoms with Crippen molar-refractivity contribution < 1.29 is 9.47 Å². The van der Waals surface area contributed by atoms with Gasteiger partial charge in [-0.2, -0.15) is 0 Å². The van der Waals surface area contributed by atoms with E-state index < -0.39 is 0 Å². The fourth-order valence-corrected chi connectivity index (χ4v) is 2.60. The smallest absolute Gasteiger partial charge is 0.133 e. The third-order valence-corrected chi connectivity index (χ3v) is 3.68. The Balaban J connectivity index is 2.12. The first kappa shape index (κ1) is 15.4. The van der Waals surface area contributed by atoms with Crippen LogP contribution in [-0.2, 0) is 13.0 Å². The Labute approximate surface area is 133 Å². The maximum absolute atomic E-state index is 5.89. The Morgan fingerprint density at radius 1 is 1.19 bits per heavy atom. The highest BCUT2D eigenvalue weighted by Crippen LogP contribution is 2.27. The van der Waals surface area contributed by atoms with E-state index in [9.17, 15) is 0 Å². The Kier molecular flexibility index (Phi) is 5.28. The first-order chi connectivity index (χ1) is 10.1. The van der Waals surface area contributed by atoms with Gasteiger partial charge in [0.25, 0.3) is 0 Å². The zero-order valence-electron chi connectivity index (χ0n) is 11.9. The Hall–Kier alpha value is -1.94. The molecule has 2 aromatic carbocycles. The number of ether oxygens (including phenoxy) is 2. The minimum absolute atomic E-state index is 0.483. The monoisotopic (exact) mass is 347 g/mol. The molecule has 0 aliphatic rings. The lowest BCUT2D eigenvalue weighted by Crippen LogP contribution is -2.00. The van der Waals surface area contributed by atoms with Crippen LogP contribution in [0.25, 0.3) is 0 Å². The molecule has 0 aromatic heterocycles. The van der Waals surface area contributed by atoms with Crippen LogP contribution in [0.4, 0.5) is 5.69 Å². The molecule has 0 bridgehead atoms. The van der Waals surface area contributed by atoms with Gasteiger partial charge in [0.05, 0.1) is 11.6 Å². The highest BCUT2D eigenvalue weighted by molar-refractivity contribution is 9.10. The maximum Gasteiger partial charge on any atom is 0.133 e. The van der Waals surface area contributed by atoms with E-state index in [1.54, 1.807) is 7.11 Å². The summed E-state index contributed by atoms with van der Waals surface area (Å²) in [4.78, 5) is 0. The van der Waals surface area contributed by atoms with Crippen LogP contribution in [0.3, 0.4) is 0 Å². The lowest BCUT2D eigenvalue weighted by atomic mass is 10.1. The van der Waals surface area contributed by atoms with Gasteiger partial charge in [0, 0.05) is 5.69 Å². The van der Waals surface area contributed by atoms with Crippen molar-refractivity contribution in [1.82, 2.24) is 0 Å². The van der Waals surface area contributed by atoms with Gasteiger partial charge < -0.3 is 15.2 Å². The number of hydrogen-bond donors (Lipinski definition) is 1. The van der Waals surface area contributed by atoms with Gasteiger partial charge >= 0.3 is 0 Å². The molecule has 0 saturated heterocycles. The van der Waals surface area contributed by atoms with Crippen molar-refractivity contribution in [3.05, 3.63) is 64.7 Å². The highest BCUT2D eigenvalue weighted by Gasteiger charge is 2.06. The molecule has 0 fully saturated rings. The molecule has 21 heavy (non-hydrogen) atoms. The van der Waals surface area contributed by atoms with Crippen LogP contribution in [0.1, 0.15) is 11.1 Å². The van der Waals surface area contributed by atoms with Crippen molar-refractivity contribution in [2.24, 2.45) is 0 Å². The van der Waals surface area contributed by atoms with E-state index in [2.05, 4.69) is 22.5 Å². The summed E-state index contributed by atoms with van der Waals surface area (Å²) >= 11 is 3.47. The molecular formula is C17H18BrNO2. The average molecular weight is 348 g/mol. The number of halogens is 1. The molecule has 4 heteroatoms. The molecule has 0 radical (unpaired) electrons. The molecule has 0 saturated carbocycles. The van der Waals surface area contributed by atoms with Gasteiger partial charge in [-0.15, -0.1) is 6.58 Å². The average Bonchev–Trinajstić information content (AvgIpc) is 2.47. The third kappa shape index (κ3) is 4.02. The summed E-state index contributed by atoms with van der Waals surface area (Å²) in [5.74, 6) is 1.63. The third-order valence-electron chi connectivity index (χ3n) is 3.06. The van der Waals surface area contributed by atoms with Crippen molar-refractivity contribution >= 4 is 21.6 Å². The number of nitrogen functional groups attached to an aromatic ring is 1. The van der Waals surface area contributed by atoms with Gasteiger partial charge in [-0.3, -0.25) is 0 Å². The summed E-state index contributed by atoms with van der Waals surface area (Å²) in [5.41, 5.74) is 8.63. The lowest BCUT2D eigenvalue weighted by molar-refractivity contribution is 0.303. The van der Waals surface area contributed by atoms with Crippen LogP contribution in [0.15, 0.2) is 53.5 Å². The van der Waals surface area contributed by atoms with Crippen molar-refractivity contribution in [3.63, 3.8) is 0 Å². The number of methoxy groups -OCH3 is 1. The van der Waals surface area contributed by atoms with Crippen LogP contribution in [0.2, 0.25) is 0 Å². The SMILES string of the molecule is C=CCc1cc(N)ccc1OCc1ccc(OC)c(Br)c1. The molecule has 0 atom stereocenters. The number of hydrogen-bond acceptors (Lipinski definition) is 3. The van der Waals surface area contributed by atoms with E-state index in [-0.39, 0.29) is 0 Å². The minimum atomic E-state index is 0.483. The predicted octanol–water partition coefficient (Wildman–Crippen LogP) is 4.35. The largest absolute Gasteiger partial charge is 0.496 e. The zero-order valence-corrected chi connectivity index (χ0v) is 13.5. The van der Waals surface area contributed by atoms with Gasteiger partial charge in [0.1, 0.15) is 18.1 Å². The number of rotatable bonds is 6. The van der Waals surface area contributed by atoms with Crippen LogP contribution in [-0.4, -0.2) is 7.11 Å². The van der Waals surface area contributed by atoms with Crippen molar-refractivity contribution in [2.45, 2.75) is 13.0 Å². The van der Waals surface area contributed by atoms with Gasteiger partial charge in [0.2, 0.25) is 0 Å². The predicted molar refractivity (Wildman–Crippen MR) is 89.8 cm³/mol. The fourth-order valence-electron chi connectivity index (χ4n) is 2.02. The van der Waals surface area contributed by atoms with E-state index in [1.165, 1.54) is 0 Å². The molecule has 0 amide bonds. The second kappa shape index (κ2) is 7.18.